The minimum atomic E-state index is -0.267. The monoisotopic (exact) mass is 451 g/mol. The number of allylic oxidation sites excluding steroid dienone is 5. The van der Waals surface area contributed by atoms with Gasteiger partial charge in [-0.3, -0.25) is 9.79 Å². The van der Waals surface area contributed by atoms with Crippen LogP contribution in [0.3, 0.4) is 0 Å². The fourth-order valence-electron chi connectivity index (χ4n) is 5.66. The van der Waals surface area contributed by atoms with Gasteiger partial charge in [0, 0.05) is 50.3 Å². The maximum absolute atomic E-state index is 13.4. The number of carbonyl (C=O) groups excluding carboxylic acids is 1. The van der Waals surface area contributed by atoms with Gasteiger partial charge < -0.3 is 24.0 Å². The predicted octanol–water partition coefficient (Wildman–Crippen LogP) is 3.68. The average molecular weight is 452 g/mol. The van der Waals surface area contributed by atoms with Crippen molar-refractivity contribution in [3.63, 3.8) is 0 Å². The highest BCUT2D eigenvalue weighted by Crippen LogP contribution is 2.45. The molecular formula is C26H33N3O4. The molecule has 33 heavy (non-hydrogen) atoms. The summed E-state index contributed by atoms with van der Waals surface area (Å²) in [6, 6.07) is 0. The molecule has 5 rings (SSSR count). The fourth-order valence-corrected chi connectivity index (χ4v) is 5.66. The number of aliphatic imine (C=N–C) groups is 1. The van der Waals surface area contributed by atoms with Gasteiger partial charge in [0.05, 0.1) is 44.4 Å². The number of nitrogens with zero attached hydrogens (tertiary/aromatic N) is 3. The Morgan fingerprint density at radius 2 is 1.79 bits per heavy atom. The number of carbonyl (C=O) groups is 1. The Morgan fingerprint density at radius 1 is 1.00 bits per heavy atom. The van der Waals surface area contributed by atoms with Gasteiger partial charge in [-0.05, 0) is 31.8 Å². The molecule has 1 amide bonds. The van der Waals surface area contributed by atoms with Crippen LogP contribution in [-0.4, -0.2) is 67.9 Å². The molecular weight excluding hydrogens is 418 g/mol. The first kappa shape index (κ1) is 21.9. The molecule has 1 fully saturated rings. The molecule has 0 saturated carbocycles. The smallest absolute Gasteiger partial charge is 0.230 e. The largest absolute Gasteiger partial charge is 0.501 e. The summed E-state index contributed by atoms with van der Waals surface area (Å²) in [5, 5.41) is 0. The molecule has 3 heterocycles. The van der Waals surface area contributed by atoms with E-state index < -0.39 is 0 Å². The van der Waals surface area contributed by atoms with Crippen molar-refractivity contribution in [1.29, 1.82) is 0 Å². The minimum Gasteiger partial charge on any atom is -0.501 e. The number of amides is 1. The van der Waals surface area contributed by atoms with E-state index in [2.05, 4.69) is 23.1 Å². The van der Waals surface area contributed by atoms with Crippen LogP contribution in [0.2, 0.25) is 0 Å². The van der Waals surface area contributed by atoms with Gasteiger partial charge >= 0.3 is 0 Å². The normalized spacial score (nSPS) is 26.0. The summed E-state index contributed by atoms with van der Waals surface area (Å²) < 4.78 is 16.4. The van der Waals surface area contributed by atoms with Crippen molar-refractivity contribution in [3.05, 3.63) is 59.1 Å². The maximum Gasteiger partial charge on any atom is 0.230 e. The molecule has 1 atom stereocenters. The van der Waals surface area contributed by atoms with Gasteiger partial charge in [-0.25, -0.2) is 0 Å². The topological polar surface area (TPSA) is 63.6 Å². The van der Waals surface area contributed by atoms with Crippen LogP contribution >= 0.6 is 0 Å². The van der Waals surface area contributed by atoms with Gasteiger partial charge in [-0.2, -0.15) is 0 Å². The Hall–Kier alpha value is -2.96. The highest BCUT2D eigenvalue weighted by atomic mass is 16.5. The third kappa shape index (κ3) is 3.87. The molecule has 1 spiro atoms. The number of likely N-dealkylation sites (tertiary alicyclic amines) is 1. The molecule has 0 aromatic heterocycles. The molecule has 3 aliphatic heterocycles. The van der Waals surface area contributed by atoms with Gasteiger partial charge in [-0.15, -0.1) is 0 Å². The number of hydrogen-bond acceptors (Lipinski definition) is 6. The first-order valence-corrected chi connectivity index (χ1v) is 11.9. The Kier molecular flexibility index (Phi) is 5.81. The Balaban J connectivity index is 1.37. The maximum atomic E-state index is 13.4. The highest BCUT2D eigenvalue weighted by molar-refractivity contribution is 6.10. The van der Waals surface area contributed by atoms with Crippen molar-refractivity contribution >= 4 is 11.6 Å². The highest BCUT2D eigenvalue weighted by Gasteiger charge is 2.47. The van der Waals surface area contributed by atoms with Crippen LogP contribution in [0.5, 0.6) is 0 Å². The van der Waals surface area contributed by atoms with E-state index >= 15 is 0 Å². The second kappa shape index (κ2) is 8.76. The lowest BCUT2D eigenvalue weighted by atomic mass is 9.81. The second-order valence-electron chi connectivity index (χ2n) is 9.22. The average Bonchev–Trinajstić information content (AvgIpc) is 3.27. The summed E-state index contributed by atoms with van der Waals surface area (Å²) >= 11 is 0. The number of hydrogen-bond donors (Lipinski definition) is 0. The number of ether oxygens (including phenoxy) is 3. The van der Waals surface area contributed by atoms with E-state index in [1.54, 1.807) is 21.3 Å². The Labute approximate surface area is 195 Å². The molecule has 0 N–H and O–H groups in total. The molecule has 2 aliphatic carbocycles. The summed E-state index contributed by atoms with van der Waals surface area (Å²) in [5.74, 6) is 2.33. The van der Waals surface area contributed by atoms with Crippen molar-refractivity contribution < 1.29 is 19.0 Å². The van der Waals surface area contributed by atoms with Crippen molar-refractivity contribution in [2.24, 2.45) is 10.9 Å². The SMILES string of the molecule is COC1=CC(C(=O)N2CCC3(CC2)N=C2C=C(OC)CCC=C2N2CCC=C23)CC(OC)=C1. The quantitative estimate of drug-likeness (QED) is 0.653. The summed E-state index contributed by atoms with van der Waals surface area (Å²) in [4.78, 5) is 23.2. The van der Waals surface area contributed by atoms with Crippen molar-refractivity contribution in [3.8, 4) is 0 Å². The summed E-state index contributed by atoms with van der Waals surface area (Å²) in [6.07, 6.45) is 15.7. The third-order valence-electron chi connectivity index (χ3n) is 7.44. The van der Waals surface area contributed by atoms with Gasteiger partial charge in [0.15, 0.2) is 0 Å². The third-order valence-corrected chi connectivity index (χ3v) is 7.44. The van der Waals surface area contributed by atoms with Crippen molar-refractivity contribution in [1.82, 2.24) is 9.80 Å². The second-order valence-corrected chi connectivity index (χ2v) is 9.22. The minimum absolute atomic E-state index is 0.138. The van der Waals surface area contributed by atoms with Crippen LogP contribution in [0.25, 0.3) is 0 Å². The van der Waals surface area contributed by atoms with Crippen LogP contribution in [0.4, 0.5) is 0 Å². The zero-order valence-electron chi connectivity index (χ0n) is 19.8. The molecule has 0 aromatic rings. The Bertz CT molecular complexity index is 1010. The molecule has 0 aromatic carbocycles. The molecule has 1 saturated heterocycles. The van der Waals surface area contributed by atoms with Crippen LogP contribution in [0.15, 0.2) is 64.0 Å². The molecule has 1 unspecified atom stereocenters. The van der Waals surface area contributed by atoms with Crippen LogP contribution < -0.4 is 0 Å². The first-order chi connectivity index (χ1) is 16.1. The lowest BCUT2D eigenvalue weighted by Crippen LogP contribution is -2.52. The van der Waals surface area contributed by atoms with Gasteiger partial charge in [0.2, 0.25) is 5.91 Å². The van der Waals surface area contributed by atoms with Gasteiger partial charge in [-0.1, -0.05) is 12.2 Å². The predicted molar refractivity (Wildman–Crippen MR) is 126 cm³/mol. The summed E-state index contributed by atoms with van der Waals surface area (Å²) in [7, 11) is 5.00. The lowest BCUT2D eigenvalue weighted by Gasteiger charge is -2.47. The van der Waals surface area contributed by atoms with E-state index in [-0.39, 0.29) is 17.4 Å². The number of fused-ring (bicyclic) bond motifs is 4. The van der Waals surface area contributed by atoms with Crippen LogP contribution in [-0.2, 0) is 19.0 Å². The molecule has 7 heteroatoms. The van der Waals surface area contributed by atoms with Crippen LogP contribution in [0, 0.1) is 5.92 Å². The fraction of sp³-hybridized carbons (Fsp3) is 0.538. The number of piperidine rings is 1. The Morgan fingerprint density at radius 3 is 2.52 bits per heavy atom. The van der Waals surface area contributed by atoms with Crippen LogP contribution in [0.1, 0.15) is 38.5 Å². The number of rotatable bonds is 4. The van der Waals surface area contributed by atoms with Gasteiger partial charge in [0.1, 0.15) is 17.1 Å². The van der Waals surface area contributed by atoms with E-state index in [1.807, 2.05) is 17.1 Å². The lowest BCUT2D eigenvalue weighted by molar-refractivity contribution is -0.135. The zero-order chi connectivity index (χ0) is 23.0. The molecule has 5 aliphatic rings. The molecule has 0 bridgehead atoms. The summed E-state index contributed by atoms with van der Waals surface area (Å²) in [6.45, 7) is 2.39. The van der Waals surface area contributed by atoms with Crippen molar-refractivity contribution in [2.75, 3.05) is 41.0 Å². The summed E-state index contributed by atoms with van der Waals surface area (Å²) in [5.41, 5.74) is 3.30. The molecule has 176 valence electrons. The number of methoxy groups -OCH3 is 3. The van der Waals surface area contributed by atoms with Gasteiger partial charge in [0.25, 0.3) is 0 Å². The van der Waals surface area contributed by atoms with Crippen molar-refractivity contribution in [2.45, 2.75) is 44.1 Å². The van der Waals surface area contributed by atoms with E-state index in [1.165, 1.54) is 11.4 Å². The molecule has 7 nitrogen and oxygen atoms in total. The van der Waals surface area contributed by atoms with E-state index in [4.69, 9.17) is 19.2 Å². The molecule has 0 radical (unpaired) electrons. The zero-order valence-corrected chi connectivity index (χ0v) is 19.8. The van der Waals surface area contributed by atoms with E-state index in [0.717, 1.165) is 55.9 Å². The first-order valence-electron chi connectivity index (χ1n) is 11.9. The standard InChI is InChI=1S/C26H33N3O4/c1-31-19-6-4-7-23-22(17-19)27-26(24-8-5-11-29(23)24)9-12-28(13-10-26)25(30)18-14-20(32-2)16-21(15-18)33-3/h7-8,14,16-18H,4-6,9-13,15H2,1-3H3. The van der Waals surface area contributed by atoms with E-state index in [0.29, 0.717) is 25.3 Å². The van der Waals surface area contributed by atoms with E-state index in [9.17, 15) is 4.79 Å².